The maximum Gasteiger partial charge on any atom is 0.519 e. The lowest BCUT2D eigenvalue weighted by atomic mass is 10.00. The van der Waals surface area contributed by atoms with Crippen LogP contribution in [0.25, 0.3) is 0 Å². The van der Waals surface area contributed by atoms with Crippen molar-refractivity contribution in [3.63, 3.8) is 0 Å². The van der Waals surface area contributed by atoms with Crippen molar-refractivity contribution in [2.24, 2.45) is 5.92 Å². The Labute approximate surface area is 106 Å². The summed E-state index contributed by atoms with van der Waals surface area (Å²) < 4.78 is 14.6. The van der Waals surface area contributed by atoms with E-state index in [9.17, 15) is 9.59 Å². The number of ether oxygens (including phenoxy) is 1. The molecule has 0 aliphatic heterocycles. The summed E-state index contributed by atoms with van der Waals surface area (Å²) in [6.07, 6.45) is 3.65. The summed E-state index contributed by atoms with van der Waals surface area (Å²) in [4.78, 5) is 22.6. The van der Waals surface area contributed by atoms with Gasteiger partial charge in [0.1, 0.15) is 0 Å². The Hall–Kier alpha value is -1.52. The molecule has 1 aromatic heterocycles. The molecule has 0 aliphatic carbocycles. The predicted molar refractivity (Wildman–Crippen MR) is 65.1 cm³/mol. The van der Waals surface area contributed by atoms with Gasteiger partial charge >= 0.3 is 11.8 Å². The van der Waals surface area contributed by atoms with E-state index in [2.05, 4.69) is 11.3 Å². The lowest BCUT2D eigenvalue weighted by Crippen LogP contribution is -2.17. The number of rotatable bonds is 7. The minimum atomic E-state index is -0.767. The molecule has 0 N–H and O–H groups in total. The van der Waals surface area contributed by atoms with Gasteiger partial charge in [-0.25, -0.2) is 4.79 Å². The summed E-state index contributed by atoms with van der Waals surface area (Å²) in [5.74, 6) is -0.456. The third-order valence-electron chi connectivity index (χ3n) is 2.91. The Morgan fingerprint density at radius 3 is 2.56 bits per heavy atom. The minimum Gasteiger partial charge on any atom is -0.457 e. The second-order valence-electron chi connectivity index (χ2n) is 4.29. The number of carbonyl (C=O) groups is 1. The van der Waals surface area contributed by atoms with Crippen LogP contribution >= 0.6 is 0 Å². The average Bonchev–Trinajstić information content (AvgIpc) is 2.66. The lowest BCUT2D eigenvalue weighted by molar-refractivity contribution is -0.150. The van der Waals surface area contributed by atoms with E-state index in [4.69, 9.17) is 9.15 Å². The molecule has 0 amide bonds. The molecule has 0 saturated carbocycles. The van der Waals surface area contributed by atoms with E-state index in [0.717, 1.165) is 25.7 Å². The van der Waals surface area contributed by atoms with Crippen molar-refractivity contribution in [1.29, 1.82) is 0 Å². The van der Waals surface area contributed by atoms with E-state index in [0.29, 0.717) is 5.76 Å². The second-order valence-corrected chi connectivity index (χ2v) is 4.29. The first kappa shape index (κ1) is 14.5. The summed E-state index contributed by atoms with van der Waals surface area (Å²) in [5, 5.41) is 0. The minimum absolute atomic E-state index is 0.0426. The van der Waals surface area contributed by atoms with Gasteiger partial charge in [0.2, 0.25) is 0 Å². The highest BCUT2D eigenvalue weighted by molar-refractivity contribution is 5.72. The van der Waals surface area contributed by atoms with Crippen molar-refractivity contribution in [1.82, 2.24) is 0 Å². The third kappa shape index (κ3) is 4.05. The topological polar surface area (TPSA) is 69.7 Å². The quantitative estimate of drug-likeness (QED) is 0.701. The molecule has 1 heterocycles. The highest BCUT2D eigenvalue weighted by Gasteiger charge is 2.19. The van der Waals surface area contributed by atoms with Crippen LogP contribution in [-0.4, -0.2) is 5.97 Å². The normalized spacial score (nSPS) is 12.4. The summed E-state index contributed by atoms with van der Waals surface area (Å²) in [6.45, 7) is 5.61. The largest absolute Gasteiger partial charge is 0.519 e. The van der Waals surface area contributed by atoms with Crippen molar-refractivity contribution in [3.8, 4) is 0 Å². The highest BCUT2D eigenvalue weighted by Crippen LogP contribution is 2.16. The molecule has 0 bridgehead atoms. The Bertz CT molecular complexity index is 429. The lowest BCUT2D eigenvalue weighted by Gasteiger charge is -2.12. The summed E-state index contributed by atoms with van der Waals surface area (Å²) in [6, 6.07) is 0. The van der Waals surface area contributed by atoms with Gasteiger partial charge < -0.3 is 13.6 Å². The molecule has 102 valence electrons. The van der Waals surface area contributed by atoms with Crippen molar-refractivity contribution in [2.45, 2.75) is 53.1 Å². The van der Waals surface area contributed by atoms with Crippen LogP contribution in [0, 0.1) is 12.8 Å². The van der Waals surface area contributed by atoms with Crippen LogP contribution in [0.3, 0.4) is 0 Å². The monoisotopic (exact) mass is 256 g/mol. The van der Waals surface area contributed by atoms with Crippen molar-refractivity contribution >= 4 is 5.97 Å². The van der Waals surface area contributed by atoms with Gasteiger partial charge in [-0.1, -0.05) is 26.7 Å². The van der Waals surface area contributed by atoms with E-state index in [-0.39, 0.29) is 24.3 Å². The predicted octanol–water partition coefficient (Wildman–Crippen LogP) is 2.80. The van der Waals surface area contributed by atoms with Crippen molar-refractivity contribution in [3.05, 3.63) is 22.1 Å². The Morgan fingerprint density at radius 1 is 1.33 bits per heavy atom. The van der Waals surface area contributed by atoms with E-state index in [1.165, 1.54) is 0 Å². The van der Waals surface area contributed by atoms with E-state index >= 15 is 0 Å². The molecular formula is C13H20O5. The Morgan fingerprint density at radius 2 is 2.06 bits per heavy atom. The van der Waals surface area contributed by atoms with E-state index in [1.54, 1.807) is 6.92 Å². The van der Waals surface area contributed by atoms with Crippen LogP contribution in [0.15, 0.2) is 13.6 Å². The van der Waals surface area contributed by atoms with Crippen LogP contribution in [0.4, 0.5) is 0 Å². The number of esters is 1. The van der Waals surface area contributed by atoms with Crippen molar-refractivity contribution < 1.29 is 18.4 Å². The van der Waals surface area contributed by atoms with Gasteiger partial charge in [-0.15, -0.1) is 0 Å². The third-order valence-corrected chi connectivity index (χ3v) is 2.91. The fourth-order valence-corrected chi connectivity index (χ4v) is 1.70. The summed E-state index contributed by atoms with van der Waals surface area (Å²) in [7, 11) is 0. The molecule has 1 unspecified atom stereocenters. The van der Waals surface area contributed by atoms with E-state index < -0.39 is 5.82 Å². The van der Waals surface area contributed by atoms with Crippen LogP contribution < -0.4 is 5.82 Å². The second kappa shape index (κ2) is 7.03. The van der Waals surface area contributed by atoms with Gasteiger partial charge in [0.05, 0.1) is 5.92 Å². The van der Waals surface area contributed by atoms with Gasteiger partial charge in [0.15, 0.2) is 18.1 Å². The van der Waals surface area contributed by atoms with Crippen molar-refractivity contribution in [2.75, 3.05) is 0 Å². The van der Waals surface area contributed by atoms with E-state index in [1.807, 2.05) is 6.92 Å². The molecule has 0 radical (unpaired) electrons. The molecule has 5 heteroatoms. The van der Waals surface area contributed by atoms with Gasteiger partial charge in [-0.3, -0.25) is 4.79 Å². The average molecular weight is 256 g/mol. The zero-order valence-electron chi connectivity index (χ0n) is 11.2. The first-order valence-electron chi connectivity index (χ1n) is 6.34. The molecular weight excluding hydrogens is 236 g/mol. The molecule has 1 rings (SSSR count). The molecule has 18 heavy (non-hydrogen) atoms. The number of hydrogen-bond acceptors (Lipinski definition) is 5. The highest BCUT2D eigenvalue weighted by atomic mass is 16.6. The summed E-state index contributed by atoms with van der Waals surface area (Å²) >= 11 is 0. The number of unbranched alkanes of at least 4 members (excludes halogenated alkanes) is 1. The molecule has 1 aromatic rings. The maximum absolute atomic E-state index is 11.8. The fraction of sp³-hybridized carbons (Fsp3) is 0.692. The summed E-state index contributed by atoms with van der Waals surface area (Å²) in [5.41, 5.74) is 0. The maximum atomic E-state index is 11.8. The molecule has 0 saturated heterocycles. The first-order chi connectivity index (χ1) is 8.58. The first-order valence-corrected chi connectivity index (χ1v) is 6.34. The molecule has 0 aromatic carbocycles. The number of hydrogen-bond donors (Lipinski definition) is 0. The van der Waals surface area contributed by atoms with Gasteiger partial charge in [0, 0.05) is 0 Å². The molecule has 0 aliphatic rings. The van der Waals surface area contributed by atoms with Gasteiger partial charge in [-0.2, -0.15) is 0 Å². The van der Waals surface area contributed by atoms with Gasteiger partial charge in [0.25, 0.3) is 0 Å². The smallest absolute Gasteiger partial charge is 0.457 e. The molecule has 1 atom stereocenters. The molecule has 5 nitrogen and oxygen atoms in total. The Kier molecular flexibility index (Phi) is 5.68. The number of aryl methyl sites for hydroxylation is 1. The Balaban J connectivity index is 2.49. The SMILES string of the molecule is CCCCC(CC)C(=O)OCc1oc(=O)oc1C. The standard InChI is InChI=1S/C13H20O5/c1-4-6-7-10(5-2)12(14)16-8-11-9(3)17-13(15)18-11/h10H,4-8H2,1-3H3. The van der Waals surface area contributed by atoms with Crippen LogP contribution in [0.2, 0.25) is 0 Å². The zero-order chi connectivity index (χ0) is 13.5. The van der Waals surface area contributed by atoms with Crippen LogP contribution in [0.5, 0.6) is 0 Å². The number of carbonyl (C=O) groups excluding carboxylic acids is 1. The zero-order valence-corrected chi connectivity index (χ0v) is 11.2. The van der Waals surface area contributed by atoms with Crippen LogP contribution in [0.1, 0.15) is 51.1 Å². The molecule has 0 fully saturated rings. The van der Waals surface area contributed by atoms with Crippen LogP contribution in [-0.2, 0) is 16.1 Å². The van der Waals surface area contributed by atoms with Gasteiger partial charge in [-0.05, 0) is 19.8 Å². The molecule has 0 spiro atoms. The fourth-order valence-electron chi connectivity index (χ4n) is 1.70.